The predicted octanol–water partition coefficient (Wildman–Crippen LogP) is 4.95. The lowest BCUT2D eigenvalue weighted by Gasteiger charge is -2.08. The third-order valence-corrected chi connectivity index (χ3v) is 3.23. The zero-order valence-corrected chi connectivity index (χ0v) is 10.2. The van der Waals surface area contributed by atoms with Crippen molar-refractivity contribution in [2.75, 3.05) is 0 Å². The number of fused-ring (bicyclic) bond motifs is 1. The van der Waals surface area contributed by atoms with Gasteiger partial charge in [-0.3, -0.25) is 0 Å². The van der Waals surface area contributed by atoms with Gasteiger partial charge >= 0.3 is 0 Å². The fourth-order valence-electron chi connectivity index (χ4n) is 2.31. The highest BCUT2D eigenvalue weighted by Gasteiger charge is 2.04. The van der Waals surface area contributed by atoms with E-state index in [-0.39, 0.29) is 5.82 Å². The summed E-state index contributed by atoms with van der Waals surface area (Å²) in [5.74, 6) is -0.189. The van der Waals surface area contributed by atoms with Gasteiger partial charge < -0.3 is 0 Å². The molecule has 0 aliphatic heterocycles. The molecule has 0 fully saturated rings. The molecule has 0 aliphatic rings. The molecular formula is C17H13F. The standard InChI is InChI=1S/C17H13F/c1-12-9-14-7-8-16(18)10-15(14)11-17(12)13-5-3-2-4-6-13/h2-11H,1H3. The van der Waals surface area contributed by atoms with Crippen molar-refractivity contribution in [1.82, 2.24) is 0 Å². The van der Waals surface area contributed by atoms with Crippen molar-refractivity contribution < 1.29 is 4.39 Å². The maximum Gasteiger partial charge on any atom is 0.123 e. The molecule has 0 unspecified atom stereocenters. The summed E-state index contributed by atoms with van der Waals surface area (Å²) in [6.07, 6.45) is 0. The van der Waals surface area contributed by atoms with Crippen LogP contribution in [0.15, 0.2) is 60.7 Å². The minimum absolute atomic E-state index is 0.189. The Balaban J connectivity index is 2.27. The van der Waals surface area contributed by atoms with Gasteiger partial charge in [0, 0.05) is 0 Å². The first-order valence-electron chi connectivity index (χ1n) is 5.99. The Morgan fingerprint density at radius 1 is 0.778 bits per heavy atom. The first-order valence-corrected chi connectivity index (χ1v) is 5.99. The van der Waals surface area contributed by atoms with Crippen molar-refractivity contribution in [3.05, 3.63) is 72.0 Å². The number of aryl methyl sites for hydroxylation is 1. The second kappa shape index (κ2) is 4.26. The van der Waals surface area contributed by atoms with Crippen molar-refractivity contribution in [1.29, 1.82) is 0 Å². The fraction of sp³-hybridized carbons (Fsp3) is 0.0588. The molecule has 0 amide bonds. The van der Waals surface area contributed by atoms with E-state index in [1.807, 2.05) is 24.3 Å². The van der Waals surface area contributed by atoms with Crippen LogP contribution < -0.4 is 0 Å². The van der Waals surface area contributed by atoms with Crippen LogP contribution in [0.5, 0.6) is 0 Å². The van der Waals surface area contributed by atoms with Crippen LogP contribution in [0.1, 0.15) is 5.56 Å². The number of halogens is 1. The van der Waals surface area contributed by atoms with E-state index in [0.29, 0.717) is 0 Å². The molecule has 0 nitrogen and oxygen atoms in total. The van der Waals surface area contributed by atoms with Gasteiger partial charge in [-0.05, 0) is 52.6 Å². The number of hydrogen-bond acceptors (Lipinski definition) is 0. The van der Waals surface area contributed by atoms with Crippen LogP contribution in [0.2, 0.25) is 0 Å². The summed E-state index contributed by atoms with van der Waals surface area (Å²) in [5, 5.41) is 2.02. The van der Waals surface area contributed by atoms with Gasteiger partial charge in [-0.1, -0.05) is 42.5 Å². The normalized spacial score (nSPS) is 10.8. The van der Waals surface area contributed by atoms with Gasteiger partial charge in [0.1, 0.15) is 5.82 Å². The first kappa shape index (κ1) is 11.0. The van der Waals surface area contributed by atoms with Gasteiger partial charge in [0.05, 0.1) is 0 Å². The Hall–Kier alpha value is -2.15. The molecule has 18 heavy (non-hydrogen) atoms. The molecule has 0 N–H and O–H groups in total. The average molecular weight is 236 g/mol. The van der Waals surface area contributed by atoms with Gasteiger partial charge in [0.2, 0.25) is 0 Å². The second-order valence-electron chi connectivity index (χ2n) is 4.52. The molecule has 0 heterocycles. The van der Waals surface area contributed by atoms with E-state index in [4.69, 9.17) is 0 Å². The quantitative estimate of drug-likeness (QED) is 0.560. The van der Waals surface area contributed by atoms with E-state index in [1.54, 1.807) is 6.07 Å². The maximum absolute atomic E-state index is 13.3. The van der Waals surface area contributed by atoms with Crippen LogP contribution in [0, 0.1) is 12.7 Å². The van der Waals surface area contributed by atoms with Gasteiger partial charge in [0.25, 0.3) is 0 Å². The third-order valence-electron chi connectivity index (χ3n) is 3.23. The summed E-state index contributed by atoms with van der Waals surface area (Å²) in [6, 6.07) is 19.3. The largest absolute Gasteiger partial charge is 0.207 e. The van der Waals surface area contributed by atoms with Crippen molar-refractivity contribution in [3.63, 3.8) is 0 Å². The van der Waals surface area contributed by atoms with E-state index in [0.717, 1.165) is 16.3 Å². The summed E-state index contributed by atoms with van der Waals surface area (Å²) < 4.78 is 13.3. The maximum atomic E-state index is 13.3. The van der Waals surface area contributed by atoms with Crippen molar-refractivity contribution in [3.8, 4) is 11.1 Å². The third kappa shape index (κ3) is 1.88. The van der Waals surface area contributed by atoms with Crippen LogP contribution in [0.4, 0.5) is 4.39 Å². The topological polar surface area (TPSA) is 0 Å². The van der Waals surface area contributed by atoms with E-state index >= 15 is 0 Å². The van der Waals surface area contributed by atoms with Gasteiger partial charge in [0.15, 0.2) is 0 Å². The fourth-order valence-corrected chi connectivity index (χ4v) is 2.31. The summed E-state index contributed by atoms with van der Waals surface area (Å²) in [5.41, 5.74) is 3.54. The van der Waals surface area contributed by atoms with Crippen molar-refractivity contribution in [2.24, 2.45) is 0 Å². The minimum Gasteiger partial charge on any atom is -0.207 e. The molecule has 0 bridgehead atoms. The van der Waals surface area contributed by atoms with Gasteiger partial charge in [-0.15, -0.1) is 0 Å². The lowest BCUT2D eigenvalue weighted by Crippen LogP contribution is -1.85. The Kier molecular flexibility index (Phi) is 2.60. The molecule has 3 rings (SSSR count). The summed E-state index contributed by atoms with van der Waals surface area (Å²) in [4.78, 5) is 0. The molecule has 0 saturated heterocycles. The number of rotatable bonds is 1. The lowest BCUT2D eigenvalue weighted by atomic mass is 9.96. The Labute approximate surface area is 106 Å². The molecule has 3 aromatic rings. The predicted molar refractivity (Wildman–Crippen MR) is 74.1 cm³/mol. The van der Waals surface area contributed by atoms with Gasteiger partial charge in [-0.25, -0.2) is 4.39 Å². The zero-order chi connectivity index (χ0) is 12.5. The summed E-state index contributed by atoms with van der Waals surface area (Å²) >= 11 is 0. The van der Waals surface area contributed by atoms with Crippen molar-refractivity contribution in [2.45, 2.75) is 6.92 Å². The van der Waals surface area contributed by atoms with Crippen LogP contribution in [-0.4, -0.2) is 0 Å². The molecular weight excluding hydrogens is 223 g/mol. The van der Waals surface area contributed by atoms with Crippen LogP contribution in [0.3, 0.4) is 0 Å². The molecule has 0 saturated carbocycles. The zero-order valence-electron chi connectivity index (χ0n) is 10.2. The van der Waals surface area contributed by atoms with E-state index in [2.05, 4.69) is 31.2 Å². The van der Waals surface area contributed by atoms with Crippen LogP contribution in [0.25, 0.3) is 21.9 Å². The molecule has 0 atom stereocenters. The highest BCUT2D eigenvalue weighted by atomic mass is 19.1. The SMILES string of the molecule is Cc1cc2ccc(F)cc2cc1-c1ccccc1. The lowest BCUT2D eigenvalue weighted by molar-refractivity contribution is 0.630. The Bertz CT molecular complexity index is 699. The average Bonchev–Trinajstić information content (AvgIpc) is 2.39. The summed E-state index contributed by atoms with van der Waals surface area (Å²) in [7, 11) is 0. The number of hydrogen-bond donors (Lipinski definition) is 0. The molecule has 0 radical (unpaired) electrons. The Morgan fingerprint density at radius 2 is 1.56 bits per heavy atom. The van der Waals surface area contributed by atoms with E-state index in [1.165, 1.54) is 17.2 Å². The minimum atomic E-state index is -0.189. The first-order chi connectivity index (χ1) is 8.74. The van der Waals surface area contributed by atoms with Crippen LogP contribution in [-0.2, 0) is 0 Å². The molecule has 0 spiro atoms. The van der Waals surface area contributed by atoms with Gasteiger partial charge in [-0.2, -0.15) is 0 Å². The monoisotopic (exact) mass is 236 g/mol. The smallest absolute Gasteiger partial charge is 0.123 e. The Morgan fingerprint density at radius 3 is 2.33 bits per heavy atom. The molecule has 1 heteroatoms. The van der Waals surface area contributed by atoms with E-state index < -0.39 is 0 Å². The van der Waals surface area contributed by atoms with E-state index in [9.17, 15) is 4.39 Å². The molecule has 0 aromatic heterocycles. The second-order valence-corrected chi connectivity index (χ2v) is 4.52. The summed E-state index contributed by atoms with van der Waals surface area (Å²) in [6.45, 7) is 2.09. The highest BCUT2D eigenvalue weighted by Crippen LogP contribution is 2.28. The molecule has 0 aliphatic carbocycles. The number of benzene rings is 3. The molecule has 88 valence electrons. The van der Waals surface area contributed by atoms with Crippen molar-refractivity contribution >= 4 is 10.8 Å². The highest BCUT2D eigenvalue weighted by molar-refractivity contribution is 5.89. The van der Waals surface area contributed by atoms with Crippen LogP contribution >= 0.6 is 0 Å². The molecule has 3 aromatic carbocycles.